The largest absolute Gasteiger partial charge is 0.435 e. The summed E-state index contributed by atoms with van der Waals surface area (Å²) in [5, 5.41) is 0. The molecule has 6 heteroatoms. The minimum Gasteiger partial charge on any atom is -0.435 e. The van der Waals surface area contributed by atoms with Gasteiger partial charge in [0.2, 0.25) is 0 Å². The van der Waals surface area contributed by atoms with Gasteiger partial charge in [0.05, 0.1) is 6.10 Å². The number of hydrogen-bond donors (Lipinski definition) is 0. The van der Waals surface area contributed by atoms with Crippen molar-refractivity contribution in [2.75, 3.05) is 27.8 Å². The number of carbonyl (C=O) groups excluding carboxylic acids is 2. The quantitative estimate of drug-likeness (QED) is 0.140. The molecule has 0 unspecified atom stereocenters. The van der Waals surface area contributed by atoms with Crippen molar-refractivity contribution in [3.05, 3.63) is 34.9 Å². The number of esters is 1. The van der Waals surface area contributed by atoms with Crippen LogP contribution in [-0.2, 0) is 28.5 Å². The first-order valence-electron chi connectivity index (χ1n) is 10.5. The Bertz CT molecular complexity index is 648. The summed E-state index contributed by atoms with van der Waals surface area (Å²) >= 11 is 0. The van der Waals surface area contributed by atoms with Crippen molar-refractivity contribution in [3.8, 4) is 0 Å². The predicted molar refractivity (Wildman–Crippen MR) is 117 cm³/mol. The Morgan fingerprint density at radius 1 is 1.17 bits per heavy atom. The molecule has 6 nitrogen and oxygen atoms in total. The molecule has 0 amide bonds. The van der Waals surface area contributed by atoms with Gasteiger partial charge in [-0.15, -0.1) is 0 Å². The summed E-state index contributed by atoms with van der Waals surface area (Å²) in [6.45, 7) is 8.61. The van der Waals surface area contributed by atoms with E-state index in [9.17, 15) is 9.59 Å². The SMILES string of the molecule is COCOC(=O)/C=C(\C)CC/C=C(\C)CC[C@@]1(C)C(C=O)=C[C@@H](OCOC)C[C@H]1C. The number of hydrogen-bond acceptors (Lipinski definition) is 6. The van der Waals surface area contributed by atoms with E-state index < -0.39 is 0 Å². The van der Waals surface area contributed by atoms with Gasteiger partial charge in [0, 0.05) is 20.3 Å². The fourth-order valence-electron chi connectivity index (χ4n) is 3.73. The van der Waals surface area contributed by atoms with Gasteiger partial charge in [0.1, 0.15) is 13.1 Å². The molecule has 0 radical (unpaired) electrons. The van der Waals surface area contributed by atoms with Gasteiger partial charge in [0.15, 0.2) is 6.79 Å². The molecule has 30 heavy (non-hydrogen) atoms. The van der Waals surface area contributed by atoms with Crippen molar-refractivity contribution in [3.63, 3.8) is 0 Å². The Morgan fingerprint density at radius 3 is 2.50 bits per heavy atom. The molecule has 1 aliphatic carbocycles. The van der Waals surface area contributed by atoms with Crippen LogP contribution in [-0.4, -0.2) is 46.2 Å². The summed E-state index contributed by atoms with van der Waals surface area (Å²) < 4.78 is 20.2. The van der Waals surface area contributed by atoms with Crippen molar-refractivity contribution in [1.29, 1.82) is 0 Å². The molecule has 0 aromatic heterocycles. The first-order chi connectivity index (χ1) is 14.3. The smallest absolute Gasteiger partial charge is 0.332 e. The highest BCUT2D eigenvalue weighted by Crippen LogP contribution is 2.45. The Hall–Kier alpha value is -1.76. The molecular formula is C24H38O6. The number of aldehydes is 1. The van der Waals surface area contributed by atoms with Crippen LogP contribution in [0.4, 0.5) is 0 Å². The monoisotopic (exact) mass is 422 g/mol. The van der Waals surface area contributed by atoms with Gasteiger partial charge in [-0.2, -0.15) is 0 Å². The standard InChI is InChI=1S/C24H38O6/c1-18(8-7-9-19(2)12-23(26)30-17-28-6)10-11-24(4)20(3)13-22(29-16-27-5)14-21(24)15-25/h8,12,14-15,20,22H,7,9-11,13,16-17H2,1-6H3/b18-8+,19-12+/t20-,22+,24-/m1/s1. The minimum absolute atomic E-state index is 0.0324. The number of methoxy groups -OCH3 is 2. The number of carbonyl (C=O) groups is 2. The first-order valence-corrected chi connectivity index (χ1v) is 10.5. The molecule has 0 aromatic carbocycles. The van der Waals surface area contributed by atoms with Gasteiger partial charge >= 0.3 is 5.97 Å². The molecule has 0 aromatic rings. The van der Waals surface area contributed by atoms with Crippen molar-refractivity contribution < 1.29 is 28.5 Å². The van der Waals surface area contributed by atoms with Crippen LogP contribution in [0.3, 0.4) is 0 Å². The molecule has 170 valence electrons. The second-order valence-electron chi connectivity index (χ2n) is 8.36. The summed E-state index contributed by atoms with van der Waals surface area (Å²) in [4.78, 5) is 23.3. The molecule has 0 heterocycles. The van der Waals surface area contributed by atoms with Crippen LogP contribution in [0.2, 0.25) is 0 Å². The molecule has 0 fully saturated rings. The average molecular weight is 423 g/mol. The Labute approximate surface area is 181 Å². The van der Waals surface area contributed by atoms with Crippen molar-refractivity contribution in [1.82, 2.24) is 0 Å². The highest BCUT2D eigenvalue weighted by molar-refractivity contribution is 5.82. The van der Waals surface area contributed by atoms with Gasteiger partial charge < -0.3 is 18.9 Å². The molecular weight excluding hydrogens is 384 g/mol. The van der Waals surface area contributed by atoms with Crippen LogP contribution in [0.1, 0.15) is 59.8 Å². The summed E-state index contributed by atoms with van der Waals surface area (Å²) in [6, 6.07) is 0. The lowest BCUT2D eigenvalue weighted by atomic mass is 9.64. The topological polar surface area (TPSA) is 71.1 Å². The average Bonchev–Trinajstić information content (AvgIpc) is 2.71. The van der Waals surface area contributed by atoms with Crippen molar-refractivity contribution >= 4 is 12.3 Å². The normalized spacial score (nSPS) is 25.1. The zero-order valence-corrected chi connectivity index (χ0v) is 19.4. The molecule has 0 bridgehead atoms. The lowest BCUT2D eigenvalue weighted by Gasteiger charge is -2.41. The maximum Gasteiger partial charge on any atom is 0.332 e. The van der Waals surface area contributed by atoms with E-state index in [-0.39, 0.29) is 31.1 Å². The Kier molecular flexibility index (Phi) is 11.8. The molecule has 0 aliphatic heterocycles. The zero-order valence-electron chi connectivity index (χ0n) is 19.4. The fraction of sp³-hybridized carbons (Fsp3) is 0.667. The van der Waals surface area contributed by atoms with Gasteiger partial charge in [-0.1, -0.05) is 31.1 Å². The van der Waals surface area contributed by atoms with E-state index in [0.717, 1.165) is 49.5 Å². The highest BCUT2D eigenvalue weighted by atomic mass is 16.7. The van der Waals surface area contributed by atoms with Crippen LogP contribution in [0.15, 0.2) is 34.9 Å². The van der Waals surface area contributed by atoms with Crippen LogP contribution < -0.4 is 0 Å². The first kappa shape index (κ1) is 26.3. The van der Waals surface area contributed by atoms with E-state index in [0.29, 0.717) is 5.92 Å². The molecule has 1 rings (SSSR count). The van der Waals surface area contributed by atoms with Crippen molar-refractivity contribution in [2.45, 2.75) is 65.9 Å². The Morgan fingerprint density at radius 2 is 1.87 bits per heavy atom. The molecule has 3 atom stereocenters. The predicted octanol–water partition coefficient (Wildman–Crippen LogP) is 4.75. The third-order valence-corrected chi connectivity index (χ3v) is 5.98. The van der Waals surface area contributed by atoms with E-state index >= 15 is 0 Å². The number of rotatable bonds is 13. The van der Waals surface area contributed by atoms with Crippen LogP contribution in [0.5, 0.6) is 0 Å². The number of ether oxygens (including phenoxy) is 4. The molecule has 0 spiro atoms. The summed E-state index contributed by atoms with van der Waals surface area (Å²) in [5.41, 5.74) is 2.93. The summed E-state index contributed by atoms with van der Waals surface area (Å²) in [5.74, 6) is -0.0455. The van der Waals surface area contributed by atoms with E-state index in [1.165, 1.54) is 18.8 Å². The Balaban J connectivity index is 2.61. The number of allylic oxidation sites excluding steroid dienone is 4. The second kappa shape index (κ2) is 13.5. The highest BCUT2D eigenvalue weighted by Gasteiger charge is 2.39. The second-order valence-corrected chi connectivity index (χ2v) is 8.36. The maximum absolute atomic E-state index is 11.8. The zero-order chi connectivity index (χ0) is 22.6. The van der Waals surface area contributed by atoms with Gasteiger partial charge in [-0.25, -0.2) is 4.79 Å². The lowest BCUT2D eigenvalue weighted by Crippen LogP contribution is -2.36. The minimum atomic E-state index is -0.379. The van der Waals surface area contributed by atoms with E-state index in [1.54, 1.807) is 7.11 Å². The third kappa shape index (κ3) is 8.54. The fourth-order valence-corrected chi connectivity index (χ4v) is 3.73. The lowest BCUT2D eigenvalue weighted by molar-refractivity contribution is -0.147. The molecule has 0 saturated carbocycles. The molecule has 0 saturated heterocycles. The molecule has 0 N–H and O–H groups in total. The maximum atomic E-state index is 11.8. The van der Waals surface area contributed by atoms with Crippen LogP contribution in [0, 0.1) is 11.3 Å². The van der Waals surface area contributed by atoms with E-state index in [2.05, 4.69) is 26.8 Å². The van der Waals surface area contributed by atoms with E-state index in [1.807, 2.05) is 13.0 Å². The van der Waals surface area contributed by atoms with Crippen LogP contribution in [0.25, 0.3) is 0 Å². The van der Waals surface area contributed by atoms with Crippen LogP contribution >= 0.6 is 0 Å². The van der Waals surface area contributed by atoms with Crippen molar-refractivity contribution in [2.24, 2.45) is 11.3 Å². The van der Waals surface area contributed by atoms with Gasteiger partial charge in [-0.05, 0) is 68.9 Å². The van der Waals surface area contributed by atoms with Gasteiger partial charge in [-0.3, -0.25) is 4.79 Å². The molecule has 1 aliphatic rings. The van der Waals surface area contributed by atoms with Gasteiger partial charge in [0.25, 0.3) is 0 Å². The summed E-state index contributed by atoms with van der Waals surface area (Å²) in [6.07, 6.45) is 11.0. The van der Waals surface area contributed by atoms with E-state index in [4.69, 9.17) is 18.9 Å². The third-order valence-electron chi connectivity index (χ3n) is 5.98. The summed E-state index contributed by atoms with van der Waals surface area (Å²) in [7, 11) is 3.08.